The third-order valence-electron chi connectivity index (χ3n) is 5.79. The SMILES string of the molecule is c1ccc(Oc2c3ccccc3c(C3CCCCC3)c3cnccc23)cc1. The van der Waals surface area contributed by atoms with E-state index in [1.807, 2.05) is 42.7 Å². The van der Waals surface area contributed by atoms with Gasteiger partial charge in [-0.3, -0.25) is 4.98 Å². The predicted octanol–water partition coefficient (Wildman–Crippen LogP) is 7.23. The number of pyridine rings is 1. The average Bonchev–Trinajstić information content (AvgIpc) is 2.75. The highest BCUT2D eigenvalue weighted by atomic mass is 16.5. The molecule has 1 fully saturated rings. The lowest BCUT2D eigenvalue weighted by molar-refractivity contribution is 0.447. The molecule has 0 atom stereocenters. The first-order valence-electron chi connectivity index (χ1n) is 9.93. The number of hydrogen-bond acceptors (Lipinski definition) is 2. The van der Waals surface area contributed by atoms with E-state index in [0.29, 0.717) is 5.92 Å². The lowest BCUT2D eigenvalue weighted by atomic mass is 9.80. The lowest BCUT2D eigenvalue weighted by Crippen LogP contribution is -2.06. The number of aromatic nitrogens is 1. The summed E-state index contributed by atoms with van der Waals surface area (Å²) in [6.07, 6.45) is 10.5. The van der Waals surface area contributed by atoms with Gasteiger partial charge in [0.2, 0.25) is 0 Å². The summed E-state index contributed by atoms with van der Waals surface area (Å²) in [7, 11) is 0. The number of benzene rings is 3. The molecule has 0 spiro atoms. The van der Waals surface area contributed by atoms with Crippen molar-refractivity contribution in [2.24, 2.45) is 0 Å². The van der Waals surface area contributed by atoms with Gasteiger partial charge in [-0.25, -0.2) is 0 Å². The zero-order chi connectivity index (χ0) is 18.1. The summed E-state index contributed by atoms with van der Waals surface area (Å²) in [5.74, 6) is 2.42. The van der Waals surface area contributed by atoms with Crippen LogP contribution in [0.2, 0.25) is 0 Å². The molecule has 4 aromatic rings. The Hall–Kier alpha value is -2.87. The maximum absolute atomic E-state index is 6.42. The predicted molar refractivity (Wildman–Crippen MR) is 112 cm³/mol. The van der Waals surface area contributed by atoms with E-state index in [9.17, 15) is 0 Å². The minimum absolute atomic E-state index is 0.612. The molecule has 0 amide bonds. The zero-order valence-corrected chi connectivity index (χ0v) is 15.4. The Morgan fingerprint density at radius 1 is 0.704 bits per heavy atom. The number of fused-ring (bicyclic) bond motifs is 2. The second-order valence-corrected chi connectivity index (χ2v) is 7.46. The van der Waals surface area contributed by atoms with Crippen LogP contribution in [0.25, 0.3) is 21.5 Å². The third kappa shape index (κ3) is 2.95. The monoisotopic (exact) mass is 353 g/mol. The van der Waals surface area contributed by atoms with Crippen LogP contribution in [0.3, 0.4) is 0 Å². The van der Waals surface area contributed by atoms with Crippen LogP contribution in [-0.4, -0.2) is 4.98 Å². The van der Waals surface area contributed by atoms with Crippen molar-refractivity contribution in [1.29, 1.82) is 0 Å². The largest absolute Gasteiger partial charge is 0.456 e. The van der Waals surface area contributed by atoms with Gasteiger partial charge in [-0.1, -0.05) is 61.7 Å². The van der Waals surface area contributed by atoms with Crippen molar-refractivity contribution in [1.82, 2.24) is 4.98 Å². The van der Waals surface area contributed by atoms with Gasteiger partial charge in [0.15, 0.2) is 0 Å². The summed E-state index contributed by atoms with van der Waals surface area (Å²) in [4.78, 5) is 4.47. The topological polar surface area (TPSA) is 22.1 Å². The molecular weight excluding hydrogens is 330 g/mol. The van der Waals surface area contributed by atoms with E-state index in [1.54, 1.807) is 0 Å². The van der Waals surface area contributed by atoms with Crippen LogP contribution in [0.1, 0.15) is 43.6 Å². The summed E-state index contributed by atoms with van der Waals surface area (Å²) in [5, 5.41) is 4.92. The molecule has 0 saturated heterocycles. The van der Waals surface area contributed by atoms with E-state index >= 15 is 0 Å². The van der Waals surface area contributed by atoms with Gasteiger partial charge in [-0.15, -0.1) is 0 Å². The van der Waals surface area contributed by atoms with E-state index in [1.165, 1.54) is 53.8 Å². The second-order valence-electron chi connectivity index (χ2n) is 7.46. The number of para-hydroxylation sites is 1. The summed E-state index contributed by atoms with van der Waals surface area (Å²) in [6.45, 7) is 0. The molecule has 1 aromatic heterocycles. The summed E-state index contributed by atoms with van der Waals surface area (Å²) >= 11 is 0. The average molecular weight is 353 g/mol. The Morgan fingerprint density at radius 3 is 2.22 bits per heavy atom. The van der Waals surface area contributed by atoms with Gasteiger partial charge >= 0.3 is 0 Å². The molecule has 2 nitrogen and oxygen atoms in total. The van der Waals surface area contributed by atoms with Crippen LogP contribution in [-0.2, 0) is 0 Å². The Kier molecular flexibility index (Phi) is 4.25. The van der Waals surface area contributed by atoms with Crippen molar-refractivity contribution in [3.8, 4) is 11.5 Å². The van der Waals surface area contributed by atoms with Crippen LogP contribution in [0, 0.1) is 0 Å². The van der Waals surface area contributed by atoms with Crippen molar-refractivity contribution in [2.45, 2.75) is 38.0 Å². The first kappa shape index (κ1) is 16.3. The molecule has 0 N–H and O–H groups in total. The highest BCUT2D eigenvalue weighted by Crippen LogP contribution is 2.45. The number of hydrogen-bond donors (Lipinski definition) is 0. The zero-order valence-electron chi connectivity index (χ0n) is 15.4. The van der Waals surface area contributed by atoms with E-state index in [4.69, 9.17) is 4.74 Å². The highest BCUT2D eigenvalue weighted by Gasteiger charge is 2.23. The summed E-state index contributed by atoms with van der Waals surface area (Å²) < 4.78 is 6.42. The highest BCUT2D eigenvalue weighted by molar-refractivity contribution is 6.08. The molecule has 0 bridgehead atoms. The van der Waals surface area contributed by atoms with E-state index in [2.05, 4.69) is 35.3 Å². The van der Waals surface area contributed by atoms with Gasteiger partial charge in [0.1, 0.15) is 11.5 Å². The van der Waals surface area contributed by atoms with Crippen molar-refractivity contribution >= 4 is 21.5 Å². The molecule has 1 aliphatic rings. The maximum atomic E-state index is 6.42. The van der Waals surface area contributed by atoms with Crippen LogP contribution in [0.15, 0.2) is 73.1 Å². The fraction of sp³-hybridized carbons (Fsp3) is 0.240. The maximum Gasteiger partial charge on any atom is 0.143 e. The van der Waals surface area contributed by atoms with Crippen molar-refractivity contribution in [2.75, 3.05) is 0 Å². The minimum Gasteiger partial charge on any atom is -0.456 e. The lowest BCUT2D eigenvalue weighted by Gasteiger charge is -2.26. The molecule has 0 radical (unpaired) electrons. The molecule has 5 rings (SSSR count). The van der Waals surface area contributed by atoms with Crippen molar-refractivity contribution < 1.29 is 4.74 Å². The second kappa shape index (κ2) is 7.03. The van der Waals surface area contributed by atoms with Gasteiger partial charge in [-0.2, -0.15) is 0 Å². The van der Waals surface area contributed by atoms with Crippen molar-refractivity contribution in [3.63, 3.8) is 0 Å². The Labute approximate surface area is 159 Å². The first-order valence-corrected chi connectivity index (χ1v) is 9.93. The van der Waals surface area contributed by atoms with Crippen LogP contribution in [0.4, 0.5) is 0 Å². The van der Waals surface area contributed by atoms with Gasteiger partial charge in [-0.05, 0) is 47.9 Å². The summed E-state index contributed by atoms with van der Waals surface area (Å²) in [5.41, 5.74) is 1.47. The standard InChI is InChI=1S/C25H23NO/c1-3-9-18(10-4-1)24-20-13-7-8-14-21(20)25(22-15-16-26-17-23(22)24)27-19-11-5-2-6-12-19/h2,5-8,11-18H,1,3-4,9-10H2. The van der Waals surface area contributed by atoms with Gasteiger partial charge in [0, 0.05) is 28.6 Å². The van der Waals surface area contributed by atoms with Crippen LogP contribution < -0.4 is 4.74 Å². The molecule has 2 heteroatoms. The van der Waals surface area contributed by atoms with Crippen LogP contribution in [0.5, 0.6) is 11.5 Å². The minimum atomic E-state index is 0.612. The first-order chi connectivity index (χ1) is 13.4. The number of rotatable bonds is 3. The number of nitrogens with zero attached hydrogens (tertiary/aromatic N) is 1. The molecule has 134 valence electrons. The Morgan fingerprint density at radius 2 is 1.41 bits per heavy atom. The van der Waals surface area contributed by atoms with E-state index in [-0.39, 0.29) is 0 Å². The van der Waals surface area contributed by atoms with Gasteiger partial charge in [0.05, 0.1) is 0 Å². The molecule has 1 saturated carbocycles. The van der Waals surface area contributed by atoms with E-state index < -0.39 is 0 Å². The third-order valence-corrected chi connectivity index (χ3v) is 5.79. The molecule has 0 aliphatic heterocycles. The fourth-order valence-electron chi connectivity index (χ4n) is 4.56. The summed E-state index contributed by atoms with van der Waals surface area (Å²) in [6, 6.07) is 20.9. The fourth-order valence-corrected chi connectivity index (χ4v) is 4.56. The molecule has 3 aromatic carbocycles. The Balaban J connectivity index is 1.80. The molecular formula is C25H23NO. The van der Waals surface area contributed by atoms with Crippen molar-refractivity contribution in [3.05, 3.63) is 78.6 Å². The molecule has 1 aliphatic carbocycles. The van der Waals surface area contributed by atoms with Crippen LogP contribution >= 0.6 is 0 Å². The quantitative estimate of drug-likeness (QED) is 0.362. The molecule has 1 heterocycles. The Bertz CT molecular complexity index is 1020. The molecule has 27 heavy (non-hydrogen) atoms. The number of ether oxygens (including phenoxy) is 1. The molecule has 0 unspecified atom stereocenters. The van der Waals surface area contributed by atoms with Gasteiger partial charge < -0.3 is 4.74 Å². The van der Waals surface area contributed by atoms with Gasteiger partial charge in [0.25, 0.3) is 0 Å². The normalized spacial score (nSPS) is 15.3. The smallest absolute Gasteiger partial charge is 0.143 e. The van der Waals surface area contributed by atoms with E-state index in [0.717, 1.165) is 16.9 Å².